The first kappa shape index (κ1) is 11.4. The first-order chi connectivity index (χ1) is 7.07. The van der Waals surface area contributed by atoms with Crippen molar-refractivity contribution in [3.63, 3.8) is 0 Å². The van der Waals surface area contributed by atoms with E-state index in [0.29, 0.717) is 11.4 Å². The molecule has 1 aromatic carbocycles. The summed E-state index contributed by atoms with van der Waals surface area (Å²) in [6.07, 6.45) is 0. The van der Waals surface area contributed by atoms with Gasteiger partial charge < -0.3 is 10.5 Å². The Bertz CT molecular complexity index is 406. The molecule has 1 aromatic rings. The van der Waals surface area contributed by atoms with Gasteiger partial charge in [0.1, 0.15) is 11.4 Å². The molecule has 15 heavy (non-hydrogen) atoms. The third kappa shape index (κ3) is 3.55. The molecule has 1 rings (SSSR count). The zero-order valence-corrected chi connectivity index (χ0v) is 8.96. The van der Waals surface area contributed by atoms with Crippen LogP contribution in [0.1, 0.15) is 0 Å². The Hall–Kier alpha value is -1.63. The van der Waals surface area contributed by atoms with Crippen LogP contribution in [-0.4, -0.2) is 5.47 Å². The molecule has 0 saturated carbocycles. The molecule has 2 atom stereocenters. The predicted molar refractivity (Wildman–Crippen MR) is 61.1 cm³/mol. The fraction of sp³-hybridized carbons (Fsp3) is 0.111. The Balaban J connectivity index is 2.79. The van der Waals surface area contributed by atoms with E-state index in [-0.39, 0.29) is 0 Å². The highest BCUT2D eigenvalue weighted by Gasteiger charge is 2.16. The van der Waals surface area contributed by atoms with Crippen molar-refractivity contribution in [2.75, 3.05) is 0 Å². The zero-order valence-electron chi connectivity index (χ0n) is 7.81. The Morgan fingerprint density at radius 1 is 1.40 bits per heavy atom. The standard InChI is InChI=1S/C9H10N3O2P/c10-6-5-9(11,15)14-8-3-1-7(12-13)2-4-8/h1-4H,10-11,15H2. The van der Waals surface area contributed by atoms with Gasteiger partial charge in [0.25, 0.3) is 0 Å². The summed E-state index contributed by atoms with van der Waals surface area (Å²) in [6, 6.07) is 8.33. The van der Waals surface area contributed by atoms with Crippen LogP contribution in [-0.2, 0) is 0 Å². The van der Waals surface area contributed by atoms with Crippen molar-refractivity contribution in [3.8, 4) is 17.7 Å². The summed E-state index contributed by atoms with van der Waals surface area (Å²) in [4.78, 5) is 10.1. The minimum Gasteiger partial charge on any atom is -0.459 e. The molecular weight excluding hydrogens is 213 g/mol. The van der Waals surface area contributed by atoms with Gasteiger partial charge in [0.15, 0.2) is 0 Å². The van der Waals surface area contributed by atoms with Crippen LogP contribution < -0.4 is 16.2 Å². The third-order valence-corrected chi connectivity index (χ3v) is 1.76. The normalized spacial score (nSPS) is 13.2. The van der Waals surface area contributed by atoms with E-state index in [2.05, 4.69) is 26.4 Å². The maximum atomic E-state index is 10.1. The van der Waals surface area contributed by atoms with E-state index in [1.54, 1.807) is 12.1 Å². The maximum Gasteiger partial charge on any atom is 0.235 e. The van der Waals surface area contributed by atoms with Crippen LogP contribution in [0.3, 0.4) is 0 Å². The fourth-order valence-corrected chi connectivity index (χ4v) is 1.13. The predicted octanol–water partition coefficient (Wildman–Crippen LogP) is 0.870. The quantitative estimate of drug-likeness (QED) is 0.261. The topological polar surface area (TPSA) is 90.7 Å². The lowest BCUT2D eigenvalue weighted by Gasteiger charge is -2.19. The third-order valence-electron chi connectivity index (χ3n) is 1.50. The summed E-state index contributed by atoms with van der Waals surface area (Å²) < 4.78 is 5.29. The summed E-state index contributed by atoms with van der Waals surface area (Å²) in [5.41, 5.74) is 9.74. The van der Waals surface area contributed by atoms with E-state index in [1.165, 1.54) is 12.1 Å². The van der Waals surface area contributed by atoms with Crippen molar-refractivity contribution in [2.24, 2.45) is 16.6 Å². The second-order valence-corrected chi connectivity index (χ2v) is 3.61. The summed E-state index contributed by atoms with van der Waals surface area (Å²) >= 11 is 0. The number of hydrogen-bond acceptors (Lipinski definition) is 5. The number of ether oxygens (including phenoxy) is 1. The number of benzene rings is 1. The van der Waals surface area contributed by atoms with Gasteiger partial charge in [0, 0.05) is 6.04 Å². The second kappa shape index (κ2) is 4.74. The van der Waals surface area contributed by atoms with Crippen molar-refractivity contribution >= 4 is 14.9 Å². The van der Waals surface area contributed by atoms with E-state index in [1.807, 2.05) is 0 Å². The van der Waals surface area contributed by atoms with E-state index in [4.69, 9.17) is 16.2 Å². The van der Waals surface area contributed by atoms with E-state index in [9.17, 15) is 4.91 Å². The smallest absolute Gasteiger partial charge is 0.235 e. The monoisotopic (exact) mass is 223 g/mol. The van der Waals surface area contributed by atoms with Crippen LogP contribution >= 0.6 is 9.24 Å². The number of rotatable bonds is 3. The fourth-order valence-electron chi connectivity index (χ4n) is 0.908. The molecule has 6 heteroatoms. The van der Waals surface area contributed by atoms with Gasteiger partial charge in [-0.05, 0) is 35.4 Å². The zero-order chi connectivity index (χ0) is 11.3. The maximum absolute atomic E-state index is 10.1. The summed E-state index contributed by atoms with van der Waals surface area (Å²) in [5.74, 6) is 2.93. The lowest BCUT2D eigenvalue weighted by molar-refractivity contribution is 0.232. The van der Waals surface area contributed by atoms with Crippen LogP contribution in [0.4, 0.5) is 5.69 Å². The molecule has 0 amide bonds. The Morgan fingerprint density at radius 2 is 2.00 bits per heavy atom. The number of hydrogen-bond donors (Lipinski definition) is 2. The molecule has 0 radical (unpaired) electrons. The van der Waals surface area contributed by atoms with Gasteiger partial charge in [-0.2, -0.15) is 0 Å². The van der Waals surface area contributed by atoms with Crippen molar-refractivity contribution in [2.45, 2.75) is 5.47 Å². The van der Waals surface area contributed by atoms with Crippen LogP contribution in [0.2, 0.25) is 0 Å². The lowest BCUT2D eigenvalue weighted by Crippen LogP contribution is -2.37. The van der Waals surface area contributed by atoms with Crippen molar-refractivity contribution in [3.05, 3.63) is 29.2 Å². The highest BCUT2D eigenvalue weighted by molar-refractivity contribution is 7.19. The van der Waals surface area contributed by atoms with Crippen molar-refractivity contribution < 1.29 is 4.74 Å². The van der Waals surface area contributed by atoms with Crippen LogP contribution in [0.25, 0.3) is 0 Å². The van der Waals surface area contributed by atoms with Gasteiger partial charge in [-0.25, -0.2) is 0 Å². The minimum absolute atomic E-state index is 0.318. The molecular formula is C9H10N3O2P. The Kier molecular flexibility index (Phi) is 3.62. The molecule has 0 heterocycles. The van der Waals surface area contributed by atoms with Crippen molar-refractivity contribution in [1.82, 2.24) is 0 Å². The molecule has 2 unspecified atom stereocenters. The Morgan fingerprint density at radius 3 is 2.47 bits per heavy atom. The number of nitroso groups, excluding NO2 is 1. The van der Waals surface area contributed by atoms with E-state index >= 15 is 0 Å². The van der Waals surface area contributed by atoms with Gasteiger partial charge in [-0.3, -0.25) is 5.73 Å². The van der Waals surface area contributed by atoms with E-state index < -0.39 is 5.47 Å². The summed E-state index contributed by atoms with van der Waals surface area (Å²) in [6.45, 7) is 0. The van der Waals surface area contributed by atoms with E-state index in [0.717, 1.165) is 0 Å². The average Bonchev–Trinajstić information content (AvgIpc) is 2.18. The van der Waals surface area contributed by atoms with Crippen LogP contribution in [0, 0.1) is 16.9 Å². The van der Waals surface area contributed by atoms with Crippen LogP contribution in [0.15, 0.2) is 29.4 Å². The summed E-state index contributed by atoms with van der Waals surface area (Å²) in [7, 11) is 2.23. The highest BCUT2D eigenvalue weighted by Crippen LogP contribution is 2.22. The molecule has 0 bridgehead atoms. The molecule has 4 N–H and O–H groups in total. The largest absolute Gasteiger partial charge is 0.459 e. The number of nitrogens with zero attached hydrogens (tertiary/aromatic N) is 1. The number of nitrogens with two attached hydrogens (primary N) is 2. The molecule has 78 valence electrons. The van der Waals surface area contributed by atoms with Gasteiger partial charge in [-0.15, -0.1) is 4.91 Å². The summed E-state index contributed by atoms with van der Waals surface area (Å²) in [5, 5.41) is 2.75. The SMILES string of the molecule is NC#CC(N)(P)Oc1ccc(N=O)cc1. The first-order valence-corrected chi connectivity index (χ1v) is 4.58. The van der Waals surface area contributed by atoms with Gasteiger partial charge in [0.05, 0.1) is 0 Å². The molecule has 0 fully saturated rings. The van der Waals surface area contributed by atoms with Gasteiger partial charge >= 0.3 is 0 Å². The Labute approximate surface area is 89.3 Å². The molecule has 0 aliphatic heterocycles. The first-order valence-electron chi connectivity index (χ1n) is 4.00. The minimum atomic E-state index is -1.23. The molecule has 0 saturated heterocycles. The van der Waals surface area contributed by atoms with Crippen LogP contribution in [0.5, 0.6) is 5.75 Å². The van der Waals surface area contributed by atoms with Crippen molar-refractivity contribution in [1.29, 1.82) is 0 Å². The average molecular weight is 223 g/mol. The molecule has 0 aliphatic carbocycles. The van der Waals surface area contributed by atoms with Gasteiger partial charge in [0.2, 0.25) is 5.47 Å². The lowest BCUT2D eigenvalue weighted by atomic mass is 10.3. The molecule has 0 aliphatic rings. The van der Waals surface area contributed by atoms with Gasteiger partial charge in [-0.1, -0.05) is 9.24 Å². The highest BCUT2D eigenvalue weighted by atomic mass is 31.0. The molecule has 0 spiro atoms. The molecule has 0 aromatic heterocycles. The second-order valence-electron chi connectivity index (χ2n) is 2.75. The molecule has 5 nitrogen and oxygen atoms in total.